The number of hydrogen-bond acceptors (Lipinski definition) is 15. The number of carbonyl (C=O) groups excluding carboxylic acids is 9. The molecule has 2 N–H and O–H groups in total. The third kappa shape index (κ3) is 19.5. The number of cyclic esters (lactones) is 2. The predicted molar refractivity (Wildman–Crippen MR) is 330 cm³/mol. The number of unbranched alkanes of at least 4 members (excludes halogenated alkanes) is 1. The molecule has 0 spiro atoms. The highest BCUT2D eigenvalue weighted by molar-refractivity contribution is 6.38. The number of halogens is 1. The lowest BCUT2D eigenvalue weighted by molar-refractivity contribution is -0.165. The molecule has 2 aliphatic heterocycles. The fourth-order valence-electron chi connectivity index (χ4n) is 10.4. The minimum atomic E-state index is -1.55. The van der Waals surface area contributed by atoms with Gasteiger partial charge in [-0.2, -0.15) is 0 Å². The van der Waals surface area contributed by atoms with E-state index in [4.69, 9.17) is 28.4 Å². The van der Waals surface area contributed by atoms with Crippen LogP contribution in [0.3, 0.4) is 0 Å². The Hall–Kier alpha value is -8.40. The molecular formula is C67H87FN6O15. The molecule has 21 nitrogen and oxygen atoms in total. The molecule has 22 heteroatoms. The van der Waals surface area contributed by atoms with Gasteiger partial charge in [0.25, 0.3) is 11.8 Å². The zero-order chi connectivity index (χ0) is 65.2. The summed E-state index contributed by atoms with van der Waals surface area (Å²) in [5, 5.41) is 7.41. The third-order valence-electron chi connectivity index (χ3n) is 15.9. The van der Waals surface area contributed by atoms with E-state index in [9.17, 15) is 38.4 Å². The maximum Gasteiger partial charge on any atom is 0.330 e. The van der Waals surface area contributed by atoms with Gasteiger partial charge in [-0.25, -0.2) is 14.0 Å². The van der Waals surface area contributed by atoms with Crippen LogP contribution in [0.15, 0.2) is 91.0 Å². The summed E-state index contributed by atoms with van der Waals surface area (Å²) < 4.78 is 51.1. The summed E-state index contributed by atoms with van der Waals surface area (Å²) in [7, 11) is 7.33. The van der Waals surface area contributed by atoms with Gasteiger partial charge in [-0.1, -0.05) is 74.4 Å². The summed E-state index contributed by atoms with van der Waals surface area (Å²) in [6.45, 7) is 8.36. The number of amides is 6. The Labute approximate surface area is 520 Å². The molecule has 2 heterocycles. The van der Waals surface area contributed by atoms with Crippen LogP contribution < -0.4 is 24.8 Å². The Morgan fingerprint density at radius 3 is 2.18 bits per heavy atom. The van der Waals surface area contributed by atoms with Crippen LogP contribution in [0.2, 0.25) is 0 Å². The van der Waals surface area contributed by atoms with Crippen LogP contribution in [0.1, 0.15) is 116 Å². The number of nitrogens with zero attached hydrogens (tertiary/aromatic N) is 4. The van der Waals surface area contributed by atoms with Crippen molar-refractivity contribution in [1.82, 2.24) is 30.2 Å². The van der Waals surface area contributed by atoms with Crippen LogP contribution in [-0.2, 0) is 70.2 Å². The number of likely N-dealkylation sites (N-methyl/N-ethyl adjacent to an activating group) is 3. The van der Waals surface area contributed by atoms with Gasteiger partial charge in [0.2, 0.25) is 29.4 Å². The van der Waals surface area contributed by atoms with E-state index >= 15 is 9.18 Å². The summed E-state index contributed by atoms with van der Waals surface area (Å²) in [5.41, 5.74) is -1.04. The zero-order valence-electron chi connectivity index (χ0n) is 53.2. The van der Waals surface area contributed by atoms with Gasteiger partial charge in [0, 0.05) is 52.3 Å². The van der Waals surface area contributed by atoms with Crippen LogP contribution in [-0.4, -0.2) is 177 Å². The van der Waals surface area contributed by atoms with Gasteiger partial charge in [-0.3, -0.25) is 33.6 Å². The molecule has 0 aliphatic carbocycles. The first-order valence-corrected chi connectivity index (χ1v) is 30.2. The number of nitrogens with one attached hydrogen (secondary N) is 2. The van der Waals surface area contributed by atoms with Crippen molar-refractivity contribution in [3.8, 4) is 17.2 Å². The van der Waals surface area contributed by atoms with Gasteiger partial charge >= 0.3 is 11.9 Å². The molecule has 482 valence electrons. The first-order valence-electron chi connectivity index (χ1n) is 30.2. The SMILES string of the molecule is CCCC[C@H]1C(=O)N[C@@H](Cc2ccc3ccccc3c2)C(=O)N(C)[C@@H](COC(C)(C)C)C(=O)NCC(=O)N(C)CC/C=C/C(=O)OCC(C)(C)C(=O)C(=O)N2CCCC[C@H]2C(=O)O[C@H](CCc2ccc(OC)c(OC)c2)c2cc(ccc2F)OCC(=O)N1C. The average Bonchev–Trinajstić information content (AvgIpc) is 2.63. The minimum absolute atomic E-state index is 0.00253. The number of benzene rings is 4. The lowest BCUT2D eigenvalue weighted by Crippen LogP contribution is -2.59. The summed E-state index contributed by atoms with van der Waals surface area (Å²) >= 11 is 0. The first kappa shape index (κ1) is 69.7. The number of rotatable bonds is 12. The molecule has 0 aromatic heterocycles. The minimum Gasteiger partial charge on any atom is -0.493 e. The van der Waals surface area contributed by atoms with Crippen molar-refractivity contribution < 1.29 is 76.0 Å². The molecule has 0 radical (unpaired) electrons. The van der Waals surface area contributed by atoms with Crippen LogP contribution in [0.4, 0.5) is 4.39 Å². The smallest absolute Gasteiger partial charge is 0.330 e. The van der Waals surface area contributed by atoms with E-state index in [1.54, 1.807) is 39.0 Å². The van der Waals surface area contributed by atoms with Gasteiger partial charge in [-0.15, -0.1) is 0 Å². The van der Waals surface area contributed by atoms with E-state index in [1.165, 1.54) is 82.1 Å². The van der Waals surface area contributed by atoms with Crippen molar-refractivity contribution in [3.63, 3.8) is 0 Å². The Morgan fingerprint density at radius 1 is 0.753 bits per heavy atom. The monoisotopic (exact) mass is 1230 g/mol. The highest BCUT2D eigenvalue weighted by Gasteiger charge is 2.43. The molecule has 6 rings (SSSR count). The van der Waals surface area contributed by atoms with Gasteiger partial charge in [-0.05, 0) is 132 Å². The molecule has 1 saturated heterocycles. The Kier molecular flexibility index (Phi) is 25.2. The van der Waals surface area contributed by atoms with E-state index in [-0.39, 0.29) is 69.5 Å². The molecule has 0 saturated carbocycles. The van der Waals surface area contributed by atoms with Crippen molar-refractivity contribution in [2.75, 3.05) is 74.8 Å². The average molecular weight is 1240 g/mol. The van der Waals surface area contributed by atoms with E-state index in [0.29, 0.717) is 48.3 Å². The van der Waals surface area contributed by atoms with Crippen LogP contribution in [0, 0.1) is 11.2 Å². The number of piperidine rings is 1. The summed E-state index contributed by atoms with van der Waals surface area (Å²) in [4.78, 5) is 132. The zero-order valence-corrected chi connectivity index (χ0v) is 53.2. The van der Waals surface area contributed by atoms with Crippen LogP contribution >= 0.6 is 0 Å². The van der Waals surface area contributed by atoms with Crippen molar-refractivity contribution in [2.45, 2.75) is 142 Å². The normalized spacial score (nSPS) is 21.8. The highest BCUT2D eigenvalue weighted by atomic mass is 19.1. The molecule has 5 atom stereocenters. The van der Waals surface area contributed by atoms with E-state index in [0.717, 1.165) is 27.8 Å². The molecule has 4 aromatic carbocycles. The quantitative estimate of drug-likeness (QED) is 0.107. The number of esters is 2. The Morgan fingerprint density at radius 2 is 1.47 bits per heavy atom. The number of aryl methyl sites for hydroxylation is 1. The maximum absolute atomic E-state index is 16.4. The number of methoxy groups -OCH3 is 2. The standard InChI is InChI=1S/C67H87FN6O15/c1-12-13-22-51-62(80)70-50(36-44-25-28-45-20-14-15-21-46(45)35-44)63(81)73(9)53(40-88-66(2,3)4)61(79)69-39-57(75)71(7)33-18-17-24-59(77)87-42-67(5,6)60(78)64(82)74-34-19-16-23-52(74)65(83)89-54(31-26-43-27-32-55(84-10)56(37-43)85-11)48-38-47(29-30-49(48)68)86-41-58(76)72(51)8/h14-15,17,20-21,24-25,27-30,32,35,37-38,50-54H,12-13,16,18-19,22-23,26,31,33-34,36,39-42H2,1-11H3,(H,69,79)(H,70,80)/b24-17+/t50-,51-,52-,53-,54+/m0/s1. The Bertz CT molecular complexity index is 3220. The number of fused-ring (bicyclic) bond motifs is 4. The lowest BCUT2D eigenvalue weighted by Gasteiger charge is -2.36. The third-order valence-corrected chi connectivity index (χ3v) is 15.9. The summed E-state index contributed by atoms with van der Waals surface area (Å²) in [6.07, 6.45) is 4.03. The van der Waals surface area contributed by atoms with Gasteiger partial charge < -0.3 is 58.7 Å². The summed E-state index contributed by atoms with van der Waals surface area (Å²) in [6, 6.07) is 17.2. The van der Waals surface area contributed by atoms with E-state index in [2.05, 4.69) is 10.6 Å². The fraction of sp³-hybridized carbons (Fsp3) is 0.507. The van der Waals surface area contributed by atoms with Gasteiger partial charge in [0.1, 0.15) is 48.4 Å². The number of ether oxygens (including phenoxy) is 6. The number of Topliss-reactive ketones (excluding diaryl/α,β-unsaturated/α-hetero) is 1. The van der Waals surface area contributed by atoms with E-state index < -0.39 is 120 Å². The van der Waals surface area contributed by atoms with Crippen molar-refractivity contribution in [2.24, 2.45) is 5.41 Å². The first-order chi connectivity index (χ1) is 42.2. The second-order valence-corrected chi connectivity index (χ2v) is 24.2. The fourth-order valence-corrected chi connectivity index (χ4v) is 10.4. The van der Waals surface area contributed by atoms with Crippen LogP contribution in [0.25, 0.3) is 10.8 Å². The summed E-state index contributed by atoms with van der Waals surface area (Å²) in [5.74, 6) is -6.72. The maximum atomic E-state index is 16.4. The van der Waals surface area contributed by atoms with Gasteiger partial charge in [0.05, 0.1) is 38.4 Å². The second kappa shape index (κ2) is 32.2. The molecule has 89 heavy (non-hydrogen) atoms. The largest absolute Gasteiger partial charge is 0.493 e. The molecule has 4 aromatic rings. The number of hydrogen-bond donors (Lipinski definition) is 2. The number of ketones is 1. The molecule has 6 amide bonds. The molecule has 1 fully saturated rings. The topological polar surface area (TPSA) is 246 Å². The Balaban J connectivity index is 1.37. The van der Waals surface area contributed by atoms with E-state index in [1.807, 2.05) is 49.4 Å². The second-order valence-electron chi connectivity index (χ2n) is 24.2. The highest BCUT2D eigenvalue weighted by Crippen LogP contribution is 2.34. The van der Waals surface area contributed by atoms with Crippen molar-refractivity contribution in [3.05, 3.63) is 114 Å². The number of carbonyl (C=O) groups is 9. The van der Waals surface area contributed by atoms with Gasteiger partial charge in [0.15, 0.2) is 18.1 Å². The predicted octanol–water partition coefficient (Wildman–Crippen LogP) is 7.03. The molecule has 0 unspecified atom stereocenters. The van der Waals surface area contributed by atoms with Crippen molar-refractivity contribution >= 4 is 63.9 Å². The molecule has 2 aliphatic rings. The lowest BCUT2D eigenvalue weighted by atomic mass is 9.87. The van der Waals surface area contributed by atoms with Crippen molar-refractivity contribution in [1.29, 1.82) is 0 Å². The molecular weight excluding hydrogens is 1150 g/mol. The molecule has 2 bridgehead atoms. The van der Waals surface area contributed by atoms with Crippen LogP contribution in [0.5, 0.6) is 17.2 Å².